The van der Waals surface area contributed by atoms with E-state index >= 15 is 0 Å². The van der Waals surface area contributed by atoms with Crippen molar-refractivity contribution in [1.82, 2.24) is 10.2 Å². The van der Waals surface area contributed by atoms with Crippen LogP contribution in [0, 0.1) is 5.92 Å². The molecular formula is C21H40N2O2. The van der Waals surface area contributed by atoms with Gasteiger partial charge in [0.2, 0.25) is 0 Å². The van der Waals surface area contributed by atoms with E-state index in [1.54, 1.807) is 0 Å². The van der Waals surface area contributed by atoms with Crippen molar-refractivity contribution in [2.45, 2.75) is 116 Å². The van der Waals surface area contributed by atoms with Crippen molar-refractivity contribution in [3.63, 3.8) is 0 Å². The lowest BCUT2D eigenvalue weighted by molar-refractivity contribution is 0.0165. The number of nitrogens with one attached hydrogen (secondary N) is 1. The van der Waals surface area contributed by atoms with Crippen molar-refractivity contribution >= 4 is 6.09 Å². The number of likely N-dealkylation sites (tertiary alicyclic amines) is 1. The highest BCUT2D eigenvalue weighted by molar-refractivity contribution is 5.69. The molecule has 0 aromatic heterocycles. The predicted molar refractivity (Wildman–Crippen MR) is 104 cm³/mol. The number of hydrogen-bond donors (Lipinski definition) is 1. The van der Waals surface area contributed by atoms with E-state index in [9.17, 15) is 4.79 Å². The number of nitrogens with zero attached hydrogens (tertiary/aromatic N) is 1. The van der Waals surface area contributed by atoms with Crippen molar-refractivity contribution in [2.24, 2.45) is 5.92 Å². The summed E-state index contributed by atoms with van der Waals surface area (Å²) in [6, 6.07) is 1.50. The normalized spacial score (nSPS) is 28.4. The third-order valence-electron chi connectivity index (χ3n) is 5.73. The molecule has 0 spiro atoms. The van der Waals surface area contributed by atoms with E-state index in [1.807, 2.05) is 25.7 Å². The summed E-state index contributed by atoms with van der Waals surface area (Å²) in [5, 5.41) is 3.89. The summed E-state index contributed by atoms with van der Waals surface area (Å²) < 4.78 is 5.66. The molecule has 4 unspecified atom stereocenters. The van der Waals surface area contributed by atoms with E-state index < -0.39 is 5.60 Å². The average Bonchev–Trinajstić information content (AvgIpc) is 3.13. The van der Waals surface area contributed by atoms with Crippen molar-refractivity contribution < 1.29 is 9.53 Å². The molecule has 0 bridgehead atoms. The van der Waals surface area contributed by atoms with Crippen LogP contribution in [0.1, 0.15) is 92.4 Å². The van der Waals surface area contributed by atoms with Crippen molar-refractivity contribution in [2.75, 3.05) is 6.54 Å². The molecule has 1 saturated heterocycles. The molecular weight excluding hydrogens is 312 g/mol. The highest BCUT2D eigenvalue weighted by atomic mass is 16.6. The molecule has 0 aromatic rings. The molecule has 0 radical (unpaired) electrons. The molecule has 1 aliphatic carbocycles. The third-order valence-corrected chi connectivity index (χ3v) is 5.73. The lowest BCUT2D eigenvalue weighted by Gasteiger charge is -2.35. The maximum Gasteiger partial charge on any atom is 0.410 e. The summed E-state index contributed by atoms with van der Waals surface area (Å²) in [6.45, 7) is 11.3. The molecule has 1 aliphatic heterocycles. The summed E-state index contributed by atoms with van der Waals surface area (Å²) in [7, 11) is 0. The van der Waals surface area contributed by atoms with Gasteiger partial charge >= 0.3 is 6.09 Å². The molecule has 2 rings (SSSR count). The summed E-state index contributed by atoms with van der Waals surface area (Å²) >= 11 is 0. The van der Waals surface area contributed by atoms with E-state index in [1.165, 1.54) is 44.9 Å². The van der Waals surface area contributed by atoms with Crippen molar-refractivity contribution in [3.8, 4) is 0 Å². The zero-order valence-corrected chi connectivity index (χ0v) is 17.1. The average molecular weight is 353 g/mol. The van der Waals surface area contributed by atoms with Crippen LogP contribution in [-0.2, 0) is 4.74 Å². The molecule has 4 nitrogen and oxygen atoms in total. The Morgan fingerprint density at radius 3 is 2.64 bits per heavy atom. The van der Waals surface area contributed by atoms with E-state index in [4.69, 9.17) is 4.74 Å². The van der Waals surface area contributed by atoms with Gasteiger partial charge in [-0.25, -0.2) is 4.79 Å². The van der Waals surface area contributed by atoms with Gasteiger partial charge in [-0.3, -0.25) is 0 Å². The molecule has 1 N–H and O–H groups in total. The van der Waals surface area contributed by atoms with Gasteiger partial charge in [0.05, 0.1) is 0 Å². The second kappa shape index (κ2) is 9.25. The Kier molecular flexibility index (Phi) is 7.60. The fraction of sp³-hybridized carbons (Fsp3) is 0.952. The molecule has 146 valence electrons. The third kappa shape index (κ3) is 6.16. The summed E-state index contributed by atoms with van der Waals surface area (Å²) in [4.78, 5) is 14.6. The van der Waals surface area contributed by atoms with Crippen LogP contribution in [0.4, 0.5) is 4.79 Å². The lowest BCUT2D eigenvalue weighted by atomic mass is 9.91. The van der Waals surface area contributed by atoms with Gasteiger partial charge in [-0.2, -0.15) is 0 Å². The first-order valence-corrected chi connectivity index (χ1v) is 10.6. The summed E-state index contributed by atoms with van der Waals surface area (Å²) in [6.07, 6.45) is 11.1. The lowest BCUT2D eigenvalue weighted by Crippen LogP contribution is -2.49. The predicted octanol–water partition coefficient (Wildman–Crippen LogP) is 5.11. The zero-order chi connectivity index (χ0) is 18.4. The Bertz CT molecular complexity index is 419. The number of hydrogen-bond acceptors (Lipinski definition) is 3. The van der Waals surface area contributed by atoms with Gasteiger partial charge in [-0.1, -0.05) is 32.6 Å². The molecule has 1 amide bonds. The van der Waals surface area contributed by atoms with Crippen molar-refractivity contribution in [3.05, 3.63) is 0 Å². The second-order valence-electron chi connectivity index (χ2n) is 9.15. The number of carbonyl (C=O) groups excluding carboxylic acids is 1. The van der Waals surface area contributed by atoms with Crippen LogP contribution >= 0.6 is 0 Å². The number of carbonyl (C=O) groups is 1. The topological polar surface area (TPSA) is 41.6 Å². The van der Waals surface area contributed by atoms with E-state index in [0.29, 0.717) is 24.0 Å². The Morgan fingerprint density at radius 1 is 1.20 bits per heavy atom. The minimum atomic E-state index is -0.411. The SMILES string of the molecule is CCCCCC(C)NC1CCCC1C1CCCN1C(=O)OC(C)(C)C. The minimum absolute atomic E-state index is 0.114. The molecule has 1 heterocycles. The second-order valence-corrected chi connectivity index (χ2v) is 9.15. The number of amides is 1. The fourth-order valence-corrected chi connectivity index (χ4v) is 4.59. The molecule has 25 heavy (non-hydrogen) atoms. The number of rotatable bonds is 7. The number of ether oxygens (including phenoxy) is 1. The fourth-order valence-electron chi connectivity index (χ4n) is 4.59. The molecule has 4 heteroatoms. The Balaban J connectivity index is 1.92. The Hall–Kier alpha value is -0.770. The van der Waals surface area contributed by atoms with Gasteiger partial charge in [-0.15, -0.1) is 0 Å². The maximum atomic E-state index is 12.6. The van der Waals surface area contributed by atoms with E-state index in [0.717, 1.165) is 19.4 Å². The van der Waals surface area contributed by atoms with Crippen molar-refractivity contribution in [1.29, 1.82) is 0 Å². The highest BCUT2D eigenvalue weighted by Gasteiger charge is 2.42. The van der Waals surface area contributed by atoms with Crippen LogP contribution in [0.3, 0.4) is 0 Å². The first-order chi connectivity index (χ1) is 11.8. The molecule has 2 fully saturated rings. The molecule has 4 atom stereocenters. The first kappa shape index (κ1) is 20.5. The van der Waals surface area contributed by atoms with Gasteiger partial charge in [0, 0.05) is 24.7 Å². The van der Waals surface area contributed by atoms with Crippen LogP contribution in [-0.4, -0.2) is 41.3 Å². The van der Waals surface area contributed by atoms with Gasteiger partial charge in [0.1, 0.15) is 5.60 Å². The van der Waals surface area contributed by atoms with E-state index in [2.05, 4.69) is 19.2 Å². The zero-order valence-electron chi connectivity index (χ0n) is 17.1. The van der Waals surface area contributed by atoms with Crippen LogP contribution in [0.15, 0.2) is 0 Å². The van der Waals surface area contributed by atoms with Gasteiger partial charge < -0.3 is 15.0 Å². The van der Waals surface area contributed by atoms with Gasteiger partial charge in [0.15, 0.2) is 0 Å². The van der Waals surface area contributed by atoms with Crippen LogP contribution in [0.2, 0.25) is 0 Å². The number of unbranched alkanes of at least 4 members (excludes halogenated alkanes) is 2. The smallest absolute Gasteiger partial charge is 0.410 e. The Labute approximate surface area is 155 Å². The molecule has 1 saturated carbocycles. The molecule has 0 aromatic carbocycles. The standard InChI is InChI=1S/C21H40N2O2/c1-6-7-8-11-16(2)22-18-13-9-12-17(18)19-14-10-15-23(19)20(24)25-21(3,4)5/h16-19,22H,6-15H2,1-5H3. The molecule has 2 aliphatic rings. The minimum Gasteiger partial charge on any atom is -0.444 e. The van der Waals surface area contributed by atoms with Crippen LogP contribution < -0.4 is 5.32 Å². The quantitative estimate of drug-likeness (QED) is 0.647. The van der Waals surface area contributed by atoms with Crippen LogP contribution in [0.5, 0.6) is 0 Å². The highest BCUT2D eigenvalue weighted by Crippen LogP contribution is 2.36. The Morgan fingerprint density at radius 2 is 1.96 bits per heavy atom. The maximum absolute atomic E-state index is 12.6. The summed E-state index contributed by atoms with van der Waals surface area (Å²) in [5.74, 6) is 0.587. The van der Waals surface area contributed by atoms with E-state index in [-0.39, 0.29) is 6.09 Å². The first-order valence-electron chi connectivity index (χ1n) is 10.6. The van der Waals surface area contributed by atoms with Gasteiger partial charge in [-0.05, 0) is 65.7 Å². The monoisotopic (exact) mass is 352 g/mol. The summed E-state index contributed by atoms with van der Waals surface area (Å²) in [5.41, 5.74) is -0.411. The van der Waals surface area contributed by atoms with Gasteiger partial charge in [0.25, 0.3) is 0 Å². The van der Waals surface area contributed by atoms with Crippen LogP contribution in [0.25, 0.3) is 0 Å². The largest absolute Gasteiger partial charge is 0.444 e.